The van der Waals surface area contributed by atoms with Crippen molar-refractivity contribution in [2.75, 3.05) is 13.2 Å². The second-order valence-electron chi connectivity index (χ2n) is 6.19. The Kier molecular flexibility index (Phi) is 9.71. The highest BCUT2D eigenvalue weighted by atomic mass is 16.6. The van der Waals surface area contributed by atoms with Gasteiger partial charge in [0, 0.05) is 12.3 Å². The van der Waals surface area contributed by atoms with Gasteiger partial charge in [-0.05, 0) is 0 Å². The number of nitrogens with zero attached hydrogens (tertiary/aromatic N) is 1. The number of hydrogen-bond donors (Lipinski definition) is 9. The molecule has 10 N–H and O–H groups in total. The Morgan fingerprint density at radius 2 is 1.79 bits per heavy atom. The fourth-order valence-corrected chi connectivity index (χ4v) is 2.38. The van der Waals surface area contributed by atoms with Crippen molar-refractivity contribution in [2.45, 2.75) is 48.9 Å². The van der Waals surface area contributed by atoms with Crippen LogP contribution in [0.2, 0.25) is 0 Å². The molecule has 1 aliphatic rings. The molecule has 0 bridgehead atoms. The number of aliphatic hydroxyl groups excluding tert-OH is 7. The molecule has 8 atom stereocenters. The van der Waals surface area contributed by atoms with Gasteiger partial charge in [-0.2, -0.15) is 0 Å². The maximum absolute atomic E-state index is 11.4. The molecule has 0 aromatic carbocycles. The average Bonchev–Trinajstić information content (AvgIpc) is 3.00. The molecule has 166 valence electrons. The van der Waals surface area contributed by atoms with Gasteiger partial charge in [0.1, 0.15) is 42.9 Å². The number of carbonyl (C=O) groups excluding carboxylic acids is 1. The number of ether oxygens (including phenoxy) is 1. The van der Waals surface area contributed by atoms with Gasteiger partial charge >= 0.3 is 5.69 Å². The van der Waals surface area contributed by atoms with Crippen LogP contribution in [0.25, 0.3) is 0 Å². The van der Waals surface area contributed by atoms with Gasteiger partial charge in [-0.1, -0.05) is 0 Å². The molecule has 0 spiro atoms. The molecular weight excluding hydrogens is 398 g/mol. The number of carbonyl (C=O) groups is 1. The lowest BCUT2D eigenvalue weighted by Gasteiger charge is -2.23. The first-order valence-electron chi connectivity index (χ1n) is 8.38. The van der Waals surface area contributed by atoms with E-state index in [9.17, 15) is 24.6 Å². The molecule has 1 saturated heterocycles. The Bertz CT molecular complexity index is 754. The molecule has 2 heterocycles. The minimum absolute atomic E-state index is 0.248. The van der Waals surface area contributed by atoms with Gasteiger partial charge in [-0.25, -0.2) is 4.79 Å². The summed E-state index contributed by atoms with van der Waals surface area (Å²) in [6.45, 7) is -1.18. The number of aliphatic hydroxyl groups is 7. The summed E-state index contributed by atoms with van der Waals surface area (Å²) in [4.78, 5) is 34.3. The second-order valence-corrected chi connectivity index (χ2v) is 6.19. The zero-order chi connectivity index (χ0) is 22.3. The van der Waals surface area contributed by atoms with E-state index in [-0.39, 0.29) is 6.29 Å². The van der Waals surface area contributed by atoms with Crippen molar-refractivity contribution in [1.29, 1.82) is 0 Å². The first-order chi connectivity index (χ1) is 13.6. The van der Waals surface area contributed by atoms with Crippen LogP contribution in [0, 0.1) is 0 Å². The van der Waals surface area contributed by atoms with Gasteiger partial charge in [0.2, 0.25) is 0 Å². The summed E-state index contributed by atoms with van der Waals surface area (Å²) in [6.07, 6.45) is -8.01. The minimum atomic E-state index is -1.62. The Morgan fingerprint density at radius 1 is 1.17 bits per heavy atom. The number of aromatic nitrogens is 2. The first-order valence-corrected chi connectivity index (χ1v) is 8.38. The molecule has 0 saturated carbocycles. The molecule has 1 aromatic rings. The zero-order valence-electron chi connectivity index (χ0n) is 15.1. The van der Waals surface area contributed by atoms with Gasteiger partial charge in [0.25, 0.3) is 5.56 Å². The predicted octanol–water partition coefficient (Wildman–Crippen LogP) is -6.26. The molecule has 0 aliphatic carbocycles. The molecule has 0 radical (unpaired) electrons. The van der Waals surface area contributed by atoms with E-state index < -0.39 is 73.4 Å². The monoisotopic (exact) mass is 423 g/mol. The quantitative estimate of drug-likeness (QED) is 0.186. The number of aldehydes is 1. The number of hydrogen-bond acceptors (Lipinski definition) is 12. The molecule has 0 amide bonds. The van der Waals surface area contributed by atoms with Gasteiger partial charge in [-0.15, -0.1) is 0 Å². The number of aromatic amines is 1. The summed E-state index contributed by atoms with van der Waals surface area (Å²) in [6, 6.07) is -0.169. The number of rotatable bonds is 7. The normalized spacial score (nSPS) is 28.0. The third-order valence-corrected chi connectivity index (χ3v) is 4.13. The standard InChI is InChI=1S/C9H12N2O6.C6H13NO5/c12-3-4-6(14)7(15)8(17-4)11-2-1-5(13)10-9(11)16;7-3(1-8)5(11)6(12)4(10)2-9/h1-2,4,6-8,12,14-15H,3H2,(H,10,13,16);1,3-6,9-12H,2,7H2/t4-,6-,7-,8-;3-,4+,5+,6+/m10/s1. The lowest BCUT2D eigenvalue weighted by Crippen LogP contribution is -2.49. The van der Waals surface area contributed by atoms with E-state index >= 15 is 0 Å². The van der Waals surface area contributed by atoms with Crippen LogP contribution in [0.5, 0.6) is 0 Å². The van der Waals surface area contributed by atoms with Crippen molar-refractivity contribution < 1.29 is 45.3 Å². The summed E-state index contributed by atoms with van der Waals surface area (Å²) in [5.41, 5.74) is 3.71. The second kappa shape index (κ2) is 11.2. The smallest absolute Gasteiger partial charge is 0.330 e. The Labute approximate surface area is 163 Å². The molecule has 29 heavy (non-hydrogen) atoms. The molecule has 1 aromatic heterocycles. The van der Waals surface area contributed by atoms with Gasteiger partial charge in [-0.3, -0.25) is 14.3 Å². The van der Waals surface area contributed by atoms with Crippen molar-refractivity contribution >= 4 is 6.29 Å². The highest BCUT2D eigenvalue weighted by Gasteiger charge is 2.43. The van der Waals surface area contributed by atoms with Crippen LogP contribution in [0.15, 0.2) is 21.9 Å². The Morgan fingerprint density at radius 3 is 2.24 bits per heavy atom. The molecule has 1 fully saturated rings. The molecule has 14 nitrogen and oxygen atoms in total. The lowest BCUT2D eigenvalue weighted by molar-refractivity contribution is -0.118. The molecule has 14 heteroatoms. The van der Waals surface area contributed by atoms with Gasteiger partial charge in [0.15, 0.2) is 6.23 Å². The molecule has 2 rings (SSSR count). The van der Waals surface area contributed by atoms with Crippen LogP contribution < -0.4 is 17.0 Å². The largest absolute Gasteiger partial charge is 0.394 e. The third kappa shape index (κ3) is 6.23. The summed E-state index contributed by atoms with van der Waals surface area (Å²) < 4.78 is 6.08. The number of nitrogens with one attached hydrogen (secondary N) is 1. The van der Waals surface area contributed by atoms with Crippen molar-refractivity contribution in [3.05, 3.63) is 33.1 Å². The molecule has 0 unspecified atom stereocenters. The average molecular weight is 423 g/mol. The minimum Gasteiger partial charge on any atom is -0.394 e. The van der Waals surface area contributed by atoms with Crippen LogP contribution >= 0.6 is 0 Å². The Hall–Kier alpha value is -2.01. The maximum Gasteiger partial charge on any atom is 0.330 e. The van der Waals surface area contributed by atoms with E-state index in [0.29, 0.717) is 0 Å². The van der Waals surface area contributed by atoms with E-state index in [2.05, 4.69) is 0 Å². The summed E-state index contributed by atoms with van der Waals surface area (Å²) >= 11 is 0. The van der Waals surface area contributed by atoms with E-state index in [1.165, 1.54) is 0 Å². The van der Waals surface area contributed by atoms with Crippen LogP contribution in [0.1, 0.15) is 6.23 Å². The molecule has 1 aliphatic heterocycles. The van der Waals surface area contributed by atoms with Crippen molar-refractivity contribution in [1.82, 2.24) is 9.55 Å². The SMILES string of the molecule is N[C@@H](C=O)[C@@H](O)[C@H](O)[C@H](O)CO.O=c1ccn([C@@H]2O[C@H](CO)[C@@H](O)[C@H]2O)c(=O)[nH]1. The predicted molar refractivity (Wildman–Crippen MR) is 93.5 cm³/mol. The van der Waals surface area contributed by atoms with E-state index in [0.717, 1.165) is 16.8 Å². The van der Waals surface area contributed by atoms with E-state index in [1.54, 1.807) is 0 Å². The summed E-state index contributed by atoms with van der Waals surface area (Å²) in [7, 11) is 0. The lowest BCUT2D eigenvalue weighted by atomic mass is 10.0. The van der Waals surface area contributed by atoms with E-state index in [1.807, 2.05) is 4.98 Å². The van der Waals surface area contributed by atoms with Crippen molar-refractivity contribution in [2.24, 2.45) is 5.73 Å². The fraction of sp³-hybridized carbons (Fsp3) is 0.667. The highest BCUT2D eigenvalue weighted by molar-refractivity contribution is 5.58. The summed E-state index contributed by atoms with van der Waals surface area (Å²) in [5.74, 6) is 0. The zero-order valence-corrected chi connectivity index (χ0v) is 15.1. The first kappa shape index (κ1) is 25.0. The number of H-pyrrole nitrogens is 1. The molecular formula is C15H25N3O11. The summed E-state index contributed by atoms with van der Waals surface area (Å²) in [5, 5.41) is 63.2. The third-order valence-electron chi connectivity index (χ3n) is 4.13. The topological polar surface area (TPSA) is 249 Å². The highest BCUT2D eigenvalue weighted by Crippen LogP contribution is 2.27. The van der Waals surface area contributed by atoms with Crippen molar-refractivity contribution in [3.8, 4) is 0 Å². The van der Waals surface area contributed by atoms with Gasteiger partial charge < -0.3 is 51.0 Å². The van der Waals surface area contributed by atoms with E-state index in [4.69, 9.17) is 36.0 Å². The van der Waals surface area contributed by atoms with Crippen LogP contribution in [0.3, 0.4) is 0 Å². The fourth-order valence-electron chi connectivity index (χ4n) is 2.38. The number of nitrogens with two attached hydrogens (primary N) is 1. The van der Waals surface area contributed by atoms with Gasteiger partial charge in [0.05, 0.1) is 19.3 Å². The van der Waals surface area contributed by atoms with Crippen molar-refractivity contribution in [3.63, 3.8) is 0 Å². The Balaban J connectivity index is 0.000000311. The van der Waals surface area contributed by atoms with Crippen LogP contribution in [-0.4, -0.2) is 107 Å². The van der Waals surface area contributed by atoms with Crippen LogP contribution in [0.4, 0.5) is 0 Å². The maximum atomic E-state index is 11.4. The van der Waals surface area contributed by atoms with Crippen LogP contribution in [-0.2, 0) is 9.53 Å².